The molecule has 0 aliphatic heterocycles. The maximum Gasteiger partial charge on any atom is 0.191 e. The van der Waals surface area contributed by atoms with Crippen molar-refractivity contribution in [1.82, 2.24) is 4.90 Å². The van der Waals surface area contributed by atoms with Gasteiger partial charge in [-0.15, -0.1) is 0 Å². The van der Waals surface area contributed by atoms with Crippen LogP contribution < -0.4 is 5.73 Å². The maximum atomic E-state index is 11.9. The molecule has 0 aromatic heterocycles. The Hall–Kier alpha value is -1.36. The lowest BCUT2D eigenvalue weighted by molar-refractivity contribution is 0.458. The van der Waals surface area contributed by atoms with Gasteiger partial charge in [0.15, 0.2) is 5.96 Å². The number of aliphatic imine (C=N–C) groups is 1. The fourth-order valence-electron chi connectivity index (χ4n) is 1.58. The lowest BCUT2D eigenvalue weighted by Crippen LogP contribution is -2.37. The van der Waals surface area contributed by atoms with Crippen molar-refractivity contribution >= 4 is 16.8 Å². The average molecular weight is 267 g/mol. The Morgan fingerprint density at radius 1 is 1.28 bits per heavy atom. The lowest BCUT2D eigenvalue weighted by atomic mass is 10.4. The van der Waals surface area contributed by atoms with Crippen molar-refractivity contribution in [1.29, 1.82) is 0 Å². The quantitative estimate of drug-likeness (QED) is 0.627. The van der Waals surface area contributed by atoms with E-state index in [1.54, 1.807) is 0 Å². The van der Waals surface area contributed by atoms with Gasteiger partial charge in [0, 0.05) is 23.7 Å². The molecule has 1 rings (SSSR count). The normalized spacial score (nSPS) is 13.3. The molecule has 0 bridgehead atoms. The van der Waals surface area contributed by atoms with Gasteiger partial charge >= 0.3 is 0 Å². The Kier molecular flexibility index (Phi) is 6.43. The topological polar surface area (TPSA) is 58.7 Å². The van der Waals surface area contributed by atoms with Crippen LogP contribution in [0.5, 0.6) is 0 Å². The van der Waals surface area contributed by atoms with E-state index in [4.69, 9.17) is 5.73 Å². The van der Waals surface area contributed by atoms with E-state index in [0.717, 1.165) is 18.0 Å². The summed E-state index contributed by atoms with van der Waals surface area (Å²) >= 11 is 0. The molecule has 2 N–H and O–H groups in total. The van der Waals surface area contributed by atoms with E-state index >= 15 is 0 Å². The van der Waals surface area contributed by atoms with Gasteiger partial charge in [0.25, 0.3) is 0 Å². The highest BCUT2D eigenvalue weighted by atomic mass is 32.2. The molecule has 18 heavy (non-hydrogen) atoms. The minimum absolute atomic E-state index is 0.490. The molecule has 100 valence electrons. The molecule has 5 heteroatoms. The van der Waals surface area contributed by atoms with Crippen molar-refractivity contribution in [3.8, 4) is 0 Å². The highest BCUT2D eigenvalue weighted by Gasteiger charge is 2.04. The molecule has 1 unspecified atom stereocenters. The zero-order valence-corrected chi connectivity index (χ0v) is 11.8. The van der Waals surface area contributed by atoms with Crippen LogP contribution in [0.1, 0.15) is 13.8 Å². The first kappa shape index (κ1) is 14.7. The molecule has 1 aromatic carbocycles. The fraction of sp³-hybridized carbons (Fsp3) is 0.462. The summed E-state index contributed by atoms with van der Waals surface area (Å²) in [5, 5.41) is 0. The fourth-order valence-corrected chi connectivity index (χ4v) is 2.53. The van der Waals surface area contributed by atoms with Crippen molar-refractivity contribution in [2.45, 2.75) is 18.7 Å². The van der Waals surface area contributed by atoms with Crippen molar-refractivity contribution < 1.29 is 4.21 Å². The van der Waals surface area contributed by atoms with Gasteiger partial charge in [-0.05, 0) is 26.0 Å². The summed E-state index contributed by atoms with van der Waals surface area (Å²) in [4.78, 5) is 7.08. The Bertz CT molecular complexity index is 402. The smallest absolute Gasteiger partial charge is 0.191 e. The van der Waals surface area contributed by atoms with Crippen LogP contribution in [0, 0.1) is 0 Å². The Morgan fingerprint density at radius 2 is 1.89 bits per heavy atom. The number of hydrogen-bond acceptors (Lipinski definition) is 2. The average Bonchev–Trinajstić information content (AvgIpc) is 2.41. The summed E-state index contributed by atoms with van der Waals surface area (Å²) in [6.45, 7) is 6.24. The minimum Gasteiger partial charge on any atom is -0.370 e. The van der Waals surface area contributed by atoms with E-state index in [1.165, 1.54) is 0 Å². The molecule has 0 spiro atoms. The summed E-state index contributed by atoms with van der Waals surface area (Å²) in [5.41, 5.74) is 5.84. The number of guanidine groups is 1. The predicted octanol–water partition coefficient (Wildman–Crippen LogP) is 1.45. The van der Waals surface area contributed by atoms with E-state index in [1.807, 2.05) is 49.1 Å². The van der Waals surface area contributed by atoms with Crippen molar-refractivity contribution in [2.24, 2.45) is 10.7 Å². The first-order valence-corrected chi connectivity index (χ1v) is 7.49. The van der Waals surface area contributed by atoms with Gasteiger partial charge < -0.3 is 10.6 Å². The third-order valence-electron chi connectivity index (χ3n) is 2.64. The number of nitrogens with zero attached hydrogens (tertiary/aromatic N) is 2. The summed E-state index contributed by atoms with van der Waals surface area (Å²) in [6.07, 6.45) is 0. The van der Waals surface area contributed by atoms with Crippen LogP contribution in [0.15, 0.2) is 40.2 Å². The van der Waals surface area contributed by atoms with Crippen LogP contribution in [-0.2, 0) is 10.8 Å². The van der Waals surface area contributed by atoms with Crippen LogP contribution in [0.25, 0.3) is 0 Å². The van der Waals surface area contributed by atoms with Gasteiger partial charge in [-0.25, -0.2) is 0 Å². The highest BCUT2D eigenvalue weighted by molar-refractivity contribution is 7.85. The van der Waals surface area contributed by atoms with Gasteiger partial charge in [0.2, 0.25) is 0 Å². The maximum absolute atomic E-state index is 11.9. The first-order valence-electron chi connectivity index (χ1n) is 6.17. The zero-order valence-electron chi connectivity index (χ0n) is 11.0. The molecule has 0 heterocycles. The number of hydrogen-bond donors (Lipinski definition) is 1. The summed E-state index contributed by atoms with van der Waals surface area (Å²) in [6, 6.07) is 9.43. The SMILES string of the molecule is CCN(CC)C(N)=NCCS(=O)c1ccccc1. The van der Waals surface area contributed by atoms with Crippen LogP contribution in [0.4, 0.5) is 0 Å². The lowest BCUT2D eigenvalue weighted by Gasteiger charge is -2.19. The predicted molar refractivity (Wildman–Crippen MR) is 77.1 cm³/mol. The van der Waals surface area contributed by atoms with Gasteiger partial charge in [-0.2, -0.15) is 0 Å². The van der Waals surface area contributed by atoms with Gasteiger partial charge in [0.1, 0.15) is 0 Å². The summed E-state index contributed by atoms with van der Waals surface area (Å²) < 4.78 is 11.9. The van der Waals surface area contributed by atoms with Gasteiger partial charge in [-0.1, -0.05) is 18.2 Å². The summed E-state index contributed by atoms with van der Waals surface area (Å²) in [5.74, 6) is 1.04. The van der Waals surface area contributed by atoms with E-state index in [9.17, 15) is 4.21 Å². The second-order valence-corrected chi connectivity index (χ2v) is 5.35. The Labute approximate surface area is 111 Å². The molecule has 0 aliphatic carbocycles. The Balaban J connectivity index is 2.47. The number of rotatable bonds is 6. The molecule has 1 atom stereocenters. The standard InChI is InChI=1S/C13H21N3OS/c1-3-16(4-2)13(14)15-10-11-18(17)12-8-6-5-7-9-12/h5-9H,3-4,10-11H2,1-2H3,(H2,14,15). The molecule has 0 aliphatic rings. The van der Waals surface area contributed by atoms with Gasteiger partial charge in [0.05, 0.1) is 17.3 Å². The Morgan fingerprint density at radius 3 is 2.44 bits per heavy atom. The monoisotopic (exact) mass is 267 g/mol. The molecular formula is C13H21N3OS. The van der Waals surface area contributed by atoms with Crippen LogP contribution in [-0.4, -0.2) is 40.5 Å². The highest BCUT2D eigenvalue weighted by Crippen LogP contribution is 2.05. The number of nitrogens with two attached hydrogens (primary N) is 1. The van der Waals surface area contributed by atoms with E-state index in [0.29, 0.717) is 18.3 Å². The number of benzene rings is 1. The largest absolute Gasteiger partial charge is 0.370 e. The van der Waals surface area contributed by atoms with Gasteiger partial charge in [-0.3, -0.25) is 9.20 Å². The van der Waals surface area contributed by atoms with E-state index < -0.39 is 10.8 Å². The summed E-state index contributed by atoms with van der Waals surface area (Å²) in [7, 11) is -0.998. The second-order valence-electron chi connectivity index (χ2n) is 3.77. The molecule has 0 fully saturated rings. The van der Waals surface area contributed by atoms with Crippen molar-refractivity contribution in [2.75, 3.05) is 25.4 Å². The first-order chi connectivity index (χ1) is 8.69. The molecular weight excluding hydrogens is 246 g/mol. The van der Waals surface area contributed by atoms with E-state index in [-0.39, 0.29) is 0 Å². The van der Waals surface area contributed by atoms with E-state index in [2.05, 4.69) is 4.99 Å². The molecule has 0 amide bonds. The third-order valence-corrected chi connectivity index (χ3v) is 4.00. The molecule has 0 saturated heterocycles. The van der Waals surface area contributed by atoms with Crippen molar-refractivity contribution in [3.05, 3.63) is 30.3 Å². The molecule has 0 radical (unpaired) electrons. The molecule has 1 aromatic rings. The zero-order chi connectivity index (χ0) is 13.4. The second kappa shape index (κ2) is 7.87. The molecule has 0 saturated carbocycles. The molecule has 4 nitrogen and oxygen atoms in total. The van der Waals surface area contributed by atoms with Crippen LogP contribution in [0.2, 0.25) is 0 Å². The van der Waals surface area contributed by atoms with Crippen LogP contribution in [0.3, 0.4) is 0 Å². The van der Waals surface area contributed by atoms with Crippen molar-refractivity contribution in [3.63, 3.8) is 0 Å². The third kappa shape index (κ3) is 4.49. The van der Waals surface area contributed by atoms with Crippen LogP contribution >= 0.6 is 0 Å². The minimum atomic E-state index is -0.998.